The van der Waals surface area contributed by atoms with Crippen molar-refractivity contribution in [3.8, 4) is 0 Å². The van der Waals surface area contributed by atoms with Crippen LogP contribution in [0.1, 0.15) is 39.5 Å². The Balaban J connectivity index is 2.04. The lowest BCUT2D eigenvalue weighted by Gasteiger charge is -2.15. The standard InChI is InChI=1S/C10H18N2O3S/c1-3-7-6-10(7,11)8(13)12-16(14,15)9(2)4-5-9/h7H,3-6,11H2,1-2H3,(H,12,13). The van der Waals surface area contributed by atoms with Crippen molar-refractivity contribution in [2.45, 2.75) is 49.8 Å². The molecule has 92 valence electrons. The molecule has 0 heterocycles. The summed E-state index contributed by atoms with van der Waals surface area (Å²) in [4.78, 5) is 11.8. The normalized spacial score (nSPS) is 35.6. The molecule has 0 bridgehead atoms. The first-order valence-electron chi connectivity index (χ1n) is 5.61. The molecule has 0 saturated heterocycles. The lowest BCUT2D eigenvalue weighted by atomic mass is 10.2. The molecular formula is C10H18N2O3S. The number of hydrogen-bond donors (Lipinski definition) is 2. The molecule has 2 fully saturated rings. The van der Waals surface area contributed by atoms with Gasteiger partial charge in [0.2, 0.25) is 10.0 Å². The van der Waals surface area contributed by atoms with Crippen LogP contribution in [-0.2, 0) is 14.8 Å². The van der Waals surface area contributed by atoms with Crippen LogP contribution in [-0.4, -0.2) is 24.6 Å². The second-order valence-corrected chi connectivity index (χ2v) is 7.43. The summed E-state index contributed by atoms with van der Waals surface area (Å²) in [5.41, 5.74) is 4.89. The van der Waals surface area contributed by atoms with E-state index < -0.39 is 26.2 Å². The first-order chi connectivity index (χ1) is 7.25. The second kappa shape index (κ2) is 3.20. The molecule has 0 aromatic heterocycles. The Labute approximate surface area is 95.8 Å². The van der Waals surface area contributed by atoms with Crippen LogP contribution < -0.4 is 10.5 Å². The molecule has 0 spiro atoms. The summed E-state index contributed by atoms with van der Waals surface area (Å²) in [6.45, 7) is 3.60. The number of amides is 1. The first-order valence-corrected chi connectivity index (χ1v) is 7.09. The number of sulfonamides is 1. The summed E-state index contributed by atoms with van der Waals surface area (Å²) in [5, 5.41) is 0. The molecule has 0 aromatic carbocycles. The first kappa shape index (κ1) is 11.9. The molecule has 16 heavy (non-hydrogen) atoms. The third kappa shape index (κ3) is 1.64. The van der Waals surface area contributed by atoms with E-state index in [1.165, 1.54) is 0 Å². The van der Waals surface area contributed by atoms with Gasteiger partial charge in [-0.3, -0.25) is 9.52 Å². The monoisotopic (exact) mass is 246 g/mol. The molecule has 3 N–H and O–H groups in total. The van der Waals surface area contributed by atoms with E-state index in [0.717, 1.165) is 6.42 Å². The fourth-order valence-electron chi connectivity index (χ4n) is 1.92. The fraction of sp³-hybridized carbons (Fsp3) is 0.900. The zero-order chi connectivity index (χ0) is 12.2. The molecule has 2 saturated carbocycles. The Kier molecular flexibility index (Phi) is 2.37. The molecule has 0 radical (unpaired) electrons. The Bertz CT molecular complexity index is 427. The lowest BCUT2D eigenvalue weighted by molar-refractivity contribution is -0.121. The van der Waals surface area contributed by atoms with E-state index in [4.69, 9.17) is 5.73 Å². The van der Waals surface area contributed by atoms with E-state index >= 15 is 0 Å². The van der Waals surface area contributed by atoms with E-state index in [-0.39, 0.29) is 5.92 Å². The van der Waals surface area contributed by atoms with Gasteiger partial charge in [-0.25, -0.2) is 8.42 Å². The molecule has 1 amide bonds. The predicted molar refractivity (Wildman–Crippen MR) is 60.0 cm³/mol. The van der Waals surface area contributed by atoms with Gasteiger partial charge in [0, 0.05) is 0 Å². The number of hydrogen-bond acceptors (Lipinski definition) is 4. The Hall–Kier alpha value is -0.620. The van der Waals surface area contributed by atoms with E-state index in [1.807, 2.05) is 6.92 Å². The molecule has 2 aliphatic rings. The Morgan fingerprint density at radius 2 is 2.06 bits per heavy atom. The Morgan fingerprint density at radius 3 is 2.44 bits per heavy atom. The molecule has 2 rings (SSSR count). The second-order valence-electron chi connectivity index (χ2n) is 5.23. The number of nitrogens with two attached hydrogens (primary N) is 1. The van der Waals surface area contributed by atoms with Gasteiger partial charge in [-0.2, -0.15) is 0 Å². The summed E-state index contributed by atoms with van der Waals surface area (Å²) < 4.78 is 25.0. The predicted octanol–water partition coefficient (Wildman–Crippen LogP) is 0.112. The van der Waals surface area contributed by atoms with Gasteiger partial charge < -0.3 is 5.73 Å². The van der Waals surface area contributed by atoms with Crippen LogP contribution in [0.15, 0.2) is 0 Å². The number of carbonyl (C=O) groups is 1. The summed E-state index contributed by atoms with van der Waals surface area (Å²) in [5.74, 6) is -0.415. The van der Waals surface area contributed by atoms with Crippen LogP contribution in [0.2, 0.25) is 0 Å². The van der Waals surface area contributed by atoms with Crippen molar-refractivity contribution in [2.75, 3.05) is 0 Å². The van der Waals surface area contributed by atoms with E-state index in [2.05, 4.69) is 4.72 Å². The smallest absolute Gasteiger partial charge is 0.253 e. The van der Waals surface area contributed by atoms with Crippen molar-refractivity contribution in [1.82, 2.24) is 4.72 Å². The van der Waals surface area contributed by atoms with Crippen molar-refractivity contribution in [3.05, 3.63) is 0 Å². The largest absolute Gasteiger partial charge is 0.317 e. The minimum absolute atomic E-state index is 0.120. The number of carbonyl (C=O) groups excluding carboxylic acids is 1. The van der Waals surface area contributed by atoms with Crippen molar-refractivity contribution in [3.63, 3.8) is 0 Å². The highest BCUT2D eigenvalue weighted by molar-refractivity contribution is 7.91. The zero-order valence-electron chi connectivity index (χ0n) is 9.62. The van der Waals surface area contributed by atoms with Gasteiger partial charge in [-0.15, -0.1) is 0 Å². The maximum Gasteiger partial charge on any atom is 0.253 e. The highest BCUT2D eigenvalue weighted by Gasteiger charge is 2.59. The van der Waals surface area contributed by atoms with Gasteiger partial charge in [0.1, 0.15) is 0 Å². The molecule has 0 aromatic rings. The van der Waals surface area contributed by atoms with Crippen LogP contribution in [0.5, 0.6) is 0 Å². The molecule has 2 aliphatic carbocycles. The summed E-state index contributed by atoms with van der Waals surface area (Å²) in [7, 11) is -3.54. The minimum atomic E-state index is -3.54. The van der Waals surface area contributed by atoms with Gasteiger partial charge in [0.25, 0.3) is 5.91 Å². The van der Waals surface area contributed by atoms with E-state index in [9.17, 15) is 13.2 Å². The van der Waals surface area contributed by atoms with Gasteiger partial charge >= 0.3 is 0 Å². The van der Waals surface area contributed by atoms with Crippen molar-refractivity contribution >= 4 is 15.9 Å². The number of nitrogens with one attached hydrogen (secondary N) is 1. The lowest BCUT2D eigenvalue weighted by Crippen LogP contribution is -2.49. The third-order valence-electron chi connectivity index (χ3n) is 3.90. The van der Waals surface area contributed by atoms with Crippen LogP contribution in [0, 0.1) is 5.92 Å². The van der Waals surface area contributed by atoms with Gasteiger partial charge in [0.05, 0.1) is 10.3 Å². The fourth-order valence-corrected chi connectivity index (χ4v) is 3.24. The molecule has 5 nitrogen and oxygen atoms in total. The highest BCUT2D eigenvalue weighted by atomic mass is 32.2. The average Bonchev–Trinajstić information content (AvgIpc) is 3.04. The average molecular weight is 246 g/mol. The highest BCUT2D eigenvalue weighted by Crippen LogP contribution is 2.45. The summed E-state index contributed by atoms with van der Waals surface area (Å²) in [6, 6.07) is 0. The summed E-state index contributed by atoms with van der Waals surface area (Å²) in [6.07, 6.45) is 2.62. The van der Waals surface area contributed by atoms with E-state index in [0.29, 0.717) is 19.3 Å². The summed E-state index contributed by atoms with van der Waals surface area (Å²) >= 11 is 0. The van der Waals surface area contributed by atoms with Crippen LogP contribution >= 0.6 is 0 Å². The van der Waals surface area contributed by atoms with Crippen LogP contribution in [0.25, 0.3) is 0 Å². The minimum Gasteiger partial charge on any atom is -0.317 e. The van der Waals surface area contributed by atoms with Crippen molar-refractivity contribution in [2.24, 2.45) is 11.7 Å². The third-order valence-corrected chi connectivity index (χ3v) is 6.06. The molecule has 6 heteroatoms. The van der Waals surface area contributed by atoms with Crippen LogP contribution in [0.3, 0.4) is 0 Å². The van der Waals surface area contributed by atoms with Crippen molar-refractivity contribution < 1.29 is 13.2 Å². The molecule has 0 aliphatic heterocycles. The molecular weight excluding hydrogens is 228 g/mol. The maximum absolute atomic E-state index is 11.8. The van der Waals surface area contributed by atoms with E-state index in [1.54, 1.807) is 6.92 Å². The van der Waals surface area contributed by atoms with Crippen molar-refractivity contribution in [1.29, 1.82) is 0 Å². The maximum atomic E-state index is 11.8. The molecule has 2 atom stereocenters. The Morgan fingerprint density at radius 1 is 1.50 bits per heavy atom. The quantitative estimate of drug-likeness (QED) is 0.737. The SMILES string of the molecule is CCC1CC1(N)C(=O)NS(=O)(=O)C1(C)CC1. The zero-order valence-corrected chi connectivity index (χ0v) is 10.4. The molecule has 2 unspecified atom stereocenters. The van der Waals surface area contributed by atoms with Gasteiger partial charge in [-0.1, -0.05) is 13.3 Å². The topological polar surface area (TPSA) is 89.3 Å². The van der Waals surface area contributed by atoms with Crippen LogP contribution in [0.4, 0.5) is 0 Å². The van der Waals surface area contributed by atoms with Gasteiger partial charge in [0.15, 0.2) is 0 Å². The van der Waals surface area contributed by atoms with Gasteiger partial charge in [-0.05, 0) is 32.1 Å². The number of rotatable bonds is 4.